The molecule has 0 spiro atoms. The Kier molecular flexibility index (Phi) is 2.93. The van der Waals surface area contributed by atoms with Crippen LogP contribution in [0, 0.1) is 5.92 Å². The van der Waals surface area contributed by atoms with Crippen LogP contribution < -0.4 is 10.2 Å². The van der Waals surface area contributed by atoms with Gasteiger partial charge in [-0.25, -0.2) is 14.3 Å². The number of carbonyl (C=O) groups excluding carboxylic acids is 1. The highest BCUT2D eigenvalue weighted by molar-refractivity contribution is 9.10. The molecule has 0 saturated carbocycles. The van der Waals surface area contributed by atoms with Crippen LogP contribution in [0.25, 0.3) is 5.65 Å². The molecule has 2 aromatic heterocycles. The molecule has 0 radical (unpaired) electrons. The van der Waals surface area contributed by atoms with Crippen LogP contribution in [0.15, 0.2) is 22.9 Å². The molecule has 2 amide bonds. The van der Waals surface area contributed by atoms with E-state index < -0.39 is 0 Å². The smallest absolute Gasteiger partial charge is 0.323 e. The zero-order valence-corrected chi connectivity index (χ0v) is 12.3. The van der Waals surface area contributed by atoms with Crippen molar-refractivity contribution in [1.29, 1.82) is 0 Å². The van der Waals surface area contributed by atoms with E-state index in [9.17, 15) is 4.79 Å². The maximum Gasteiger partial charge on any atom is 0.323 e. The lowest BCUT2D eigenvalue weighted by molar-refractivity contribution is 0.251. The minimum Gasteiger partial charge on any atom is -0.336 e. The molecule has 1 unspecified atom stereocenters. The van der Waals surface area contributed by atoms with E-state index in [1.54, 1.807) is 15.6 Å². The summed E-state index contributed by atoms with van der Waals surface area (Å²) in [5.74, 6) is 1.02. The summed E-state index contributed by atoms with van der Waals surface area (Å²) >= 11 is 3.40. The SMILES string of the molecule is CC(C)C1CNC(=O)N1c1ccn2ncc(Br)c2n1. The van der Waals surface area contributed by atoms with E-state index in [-0.39, 0.29) is 12.1 Å². The summed E-state index contributed by atoms with van der Waals surface area (Å²) in [4.78, 5) is 18.2. The minimum absolute atomic E-state index is 0.0915. The zero-order chi connectivity index (χ0) is 13.6. The average Bonchev–Trinajstić information content (AvgIpc) is 2.93. The maximum absolute atomic E-state index is 12.0. The lowest BCUT2D eigenvalue weighted by Crippen LogP contribution is -2.38. The van der Waals surface area contributed by atoms with Gasteiger partial charge in [-0.3, -0.25) is 4.90 Å². The van der Waals surface area contributed by atoms with Crippen molar-refractivity contribution in [2.75, 3.05) is 11.4 Å². The van der Waals surface area contributed by atoms with Gasteiger partial charge in [-0.2, -0.15) is 5.10 Å². The van der Waals surface area contributed by atoms with Gasteiger partial charge in [0.2, 0.25) is 0 Å². The van der Waals surface area contributed by atoms with Crippen LogP contribution in [-0.4, -0.2) is 33.2 Å². The van der Waals surface area contributed by atoms with Crippen molar-refractivity contribution in [3.05, 3.63) is 22.9 Å². The predicted octanol–water partition coefficient (Wildman–Crippen LogP) is 2.05. The van der Waals surface area contributed by atoms with Gasteiger partial charge in [0.25, 0.3) is 0 Å². The fourth-order valence-corrected chi connectivity index (χ4v) is 2.65. The van der Waals surface area contributed by atoms with Crippen LogP contribution in [-0.2, 0) is 0 Å². The molecule has 1 N–H and O–H groups in total. The van der Waals surface area contributed by atoms with Crippen molar-refractivity contribution in [1.82, 2.24) is 19.9 Å². The topological polar surface area (TPSA) is 62.5 Å². The predicted molar refractivity (Wildman–Crippen MR) is 75.2 cm³/mol. The number of nitrogens with one attached hydrogen (secondary N) is 1. The van der Waals surface area contributed by atoms with Crippen LogP contribution in [0.4, 0.5) is 10.6 Å². The van der Waals surface area contributed by atoms with Gasteiger partial charge < -0.3 is 5.32 Å². The normalized spacial score (nSPS) is 19.5. The number of anilines is 1. The number of nitrogens with zero attached hydrogens (tertiary/aromatic N) is 4. The monoisotopic (exact) mass is 323 g/mol. The van der Waals surface area contributed by atoms with Gasteiger partial charge in [0, 0.05) is 12.7 Å². The number of hydrogen-bond donors (Lipinski definition) is 1. The van der Waals surface area contributed by atoms with Gasteiger partial charge in [0.1, 0.15) is 5.82 Å². The highest BCUT2D eigenvalue weighted by Crippen LogP contribution is 2.24. The van der Waals surface area contributed by atoms with E-state index in [1.807, 2.05) is 12.3 Å². The molecule has 19 heavy (non-hydrogen) atoms. The van der Waals surface area contributed by atoms with Crippen LogP contribution in [0.1, 0.15) is 13.8 Å². The van der Waals surface area contributed by atoms with E-state index in [4.69, 9.17) is 0 Å². The van der Waals surface area contributed by atoms with Crippen LogP contribution in [0.2, 0.25) is 0 Å². The molecule has 3 heterocycles. The first-order valence-corrected chi connectivity index (χ1v) is 6.94. The molecule has 1 atom stereocenters. The van der Waals surface area contributed by atoms with Crippen LogP contribution in [0.5, 0.6) is 0 Å². The Hall–Kier alpha value is -1.63. The number of carbonyl (C=O) groups is 1. The van der Waals surface area contributed by atoms with E-state index in [0.29, 0.717) is 23.9 Å². The molecule has 1 saturated heterocycles. The summed E-state index contributed by atoms with van der Waals surface area (Å²) in [5, 5.41) is 7.02. The molecule has 0 aromatic carbocycles. The molecule has 1 fully saturated rings. The molecule has 3 rings (SSSR count). The number of fused-ring (bicyclic) bond motifs is 1. The number of halogens is 1. The van der Waals surface area contributed by atoms with Crippen molar-refractivity contribution in [2.45, 2.75) is 19.9 Å². The van der Waals surface area contributed by atoms with Gasteiger partial charge in [-0.05, 0) is 27.9 Å². The highest BCUT2D eigenvalue weighted by atomic mass is 79.9. The zero-order valence-electron chi connectivity index (χ0n) is 10.7. The highest BCUT2D eigenvalue weighted by Gasteiger charge is 2.34. The Labute approximate surface area is 118 Å². The molecule has 2 aromatic rings. The van der Waals surface area contributed by atoms with E-state index in [2.05, 4.69) is 45.2 Å². The summed E-state index contributed by atoms with van der Waals surface area (Å²) in [6.45, 7) is 4.86. The Bertz CT molecular complexity index is 638. The van der Waals surface area contributed by atoms with Crippen molar-refractivity contribution in [3.63, 3.8) is 0 Å². The second kappa shape index (κ2) is 4.48. The van der Waals surface area contributed by atoms with Gasteiger partial charge >= 0.3 is 6.03 Å². The Balaban J connectivity index is 2.06. The second-order valence-electron chi connectivity index (χ2n) is 4.91. The molecule has 1 aliphatic rings. The van der Waals surface area contributed by atoms with E-state index in [0.717, 1.165) is 4.47 Å². The molecular weight excluding hydrogens is 310 g/mol. The molecule has 7 heteroatoms. The number of urea groups is 1. The van der Waals surface area contributed by atoms with Crippen molar-refractivity contribution >= 4 is 33.4 Å². The van der Waals surface area contributed by atoms with E-state index >= 15 is 0 Å². The molecule has 0 aliphatic carbocycles. The van der Waals surface area contributed by atoms with Gasteiger partial charge in [-0.15, -0.1) is 0 Å². The number of amides is 2. The standard InChI is InChI=1S/C12H14BrN5O/c1-7(2)9-6-14-12(19)18(9)10-3-4-17-11(16-10)8(13)5-15-17/h3-5,7,9H,6H2,1-2H3,(H,14,19). The maximum atomic E-state index is 12.0. The molecule has 1 aliphatic heterocycles. The number of hydrogen-bond acceptors (Lipinski definition) is 3. The third kappa shape index (κ3) is 1.98. The van der Waals surface area contributed by atoms with Gasteiger partial charge in [0.05, 0.1) is 16.7 Å². The van der Waals surface area contributed by atoms with Crippen LogP contribution in [0.3, 0.4) is 0 Å². The van der Waals surface area contributed by atoms with Gasteiger partial charge in [0.15, 0.2) is 5.65 Å². The largest absolute Gasteiger partial charge is 0.336 e. The number of rotatable bonds is 2. The summed E-state index contributed by atoms with van der Waals surface area (Å²) < 4.78 is 2.49. The molecular formula is C12H14BrN5O. The van der Waals surface area contributed by atoms with Crippen molar-refractivity contribution < 1.29 is 4.79 Å². The Morgan fingerprint density at radius 2 is 2.32 bits per heavy atom. The quantitative estimate of drug-likeness (QED) is 0.920. The number of aromatic nitrogens is 3. The van der Waals surface area contributed by atoms with E-state index in [1.165, 1.54) is 0 Å². The fraction of sp³-hybridized carbons (Fsp3) is 0.417. The summed E-state index contributed by atoms with van der Waals surface area (Å²) in [7, 11) is 0. The minimum atomic E-state index is -0.0915. The lowest BCUT2D eigenvalue weighted by Gasteiger charge is -2.24. The summed E-state index contributed by atoms with van der Waals surface area (Å²) in [5.41, 5.74) is 0.708. The first kappa shape index (κ1) is 12.4. The first-order chi connectivity index (χ1) is 9.08. The second-order valence-corrected chi connectivity index (χ2v) is 5.77. The van der Waals surface area contributed by atoms with Crippen molar-refractivity contribution in [2.24, 2.45) is 5.92 Å². The molecule has 6 nitrogen and oxygen atoms in total. The third-order valence-corrected chi connectivity index (χ3v) is 3.90. The van der Waals surface area contributed by atoms with Crippen molar-refractivity contribution in [3.8, 4) is 0 Å². The van der Waals surface area contributed by atoms with Gasteiger partial charge in [-0.1, -0.05) is 13.8 Å². The summed E-state index contributed by atoms with van der Waals surface area (Å²) in [6.07, 6.45) is 3.50. The molecule has 0 bridgehead atoms. The third-order valence-electron chi connectivity index (χ3n) is 3.34. The average molecular weight is 324 g/mol. The van der Waals surface area contributed by atoms with Crippen LogP contribution >= 0.6 is 15.9 Å². The summed E-state index contributed by atoms with van der Waals surface area (Å²) in [6, 6.07) is 1.85. The lowest BCUT2D eigenvalue weighted by atomic mass is 10.0. The Morgan fingerprint density at radius 1 is 1.53 bits per heavy atom. The molecule has 100 valence electrons. The fourth-order valence-electron chi connectivity index (χ4n) is 2.29. The Morgan fingerprint density at radius 3 is 3.05 bits per heavy atom. The first-order valence-electron chi connectivity index (χ1n) is 6.15.